The van der Waals surface area contributed by atoms with Gasteiger partial charge < -0.3 is 20.3 Å². The van der Waals surface area contributed by atoms with E-state index in [4.69, 9.17) is 4.74 Å². The molecule has 180 valence electrons. The smallest absolute Gasteiger partial charge is 0.252 e. The molecule has 0 aliphatic carbocycles. The van der Waals surface area contributed by atoms with Crippen molar-refractivity contribution in [2.75, 3.05) is 25.5 Å². The van der Waals surface area contributed by atoms with Gasteiger partial charge in [-0.3, -0.25) is 14.4 Å². The van der Waals surface area contributed by atoms with Crippen LogP contribution in [0.1, 0.15) is 34.8 Å². The van der Waals surface area contributed by atoms with E-state index < -0.39 is 6.04 Å². The Labute approximate surface area is 204 Å². The molecule has 2 N–H and O–H groups in total. The Morgan fingerprint density at radius 2 is 1.74 bits per heavy atom. The fraction of sp³-hybridized carbons (Fsp3) is 0.259. The summed E-state index contributed by atoms with van der Waals surface area (Å²) in [6, 6.07) is 20.3. The fourth-order valence-electron chi connectivity index (χ4n) is 4.13. The van der Waals surface area contributed by atoms with Crippen LogP contribution in [-0.4, -0.2) is 47.8 Å². The van der Waals surface area contributed by atoms with Crippen molar-refractivity contribution in [2.45, 2.75) is 18.9 Å². The van der Waals surface area contributed by atoms with Crippen LogP contribution in [0.4, 0.5) is 5.82 Å². The highest BCUT2D eigenvalue weighted by Gasteiger charge is 2.33. The van der Waals surface area contributed by atoms with E-state index in [0.717, 1.165) is 0 Å². The number of benzene rings is 2. The zero-order valence-electron chi connectivity index (χ0n) is 19.5. The lowest BCUT2D eigenvalue weighted by Crippen LogP contribution is -2.48. The van der Waals surface area contributed by atoms with E-state index in [0.29, 0.717) is 42.1 Å². The summed E-state index contributed by atoms with van der Waals surface area (Å²) < 4.78 is 5.15. The van der Waals surface area contributed by atoms with Gasteiger partial charge in [0.05, 0.1) is 13.0 Å². The normalized spacial score (nSPS) is 16.1. The summed E-state index contributed by atoms with van der Waals surface area (Å²) in [5, 5.41) is 5.71. The van der Waals surface area contributed by atoms with Crippen molar-refractivity contribution in [3.63, 3.8) is 0 Å². The number of ether oxygens (including phenoxy) is 1. The van der Waals surface area contributed by atoms with Crippen LogP contribution >= 0.6 is 0 Å². The molecule has 8 heteroatoms. The number of aromatic nitrogens is 1. The zero-order chi connectivity index (χ0) is 24.6. The largest absolute Gasteiger partial charge is 0.497 e. The average Bonchev–Trinajstić information content (AvgIpc) is 2.92. The number of carbonyl (C=O) groups is 3. The summed E-state index contributed by atoms with van der Waals surface area (Å²) >= 11 is 0. The summed E-state index contributed by atoms with van der Waals surface area (Å²) in [4.78, 5) is 45.3. The van der Waals surface area contributed by atoms with Gasteiger partial charge >= 0.3 is 0 Å². The number of methoxy groups -OCH3 is 1. The molecule has 8 nitrogen and oxygen atoms in total. The highest BCUT2D eigenvalue weighted by molar-refractivity contribution is 5.98. The van der Waals surface area contributed by atoms with Crippen molar-refractivity contribution >= 4 is 23.5 Å². The maximum Gasteiger partial charge on any atom is 0.252 e. The number of piperidine rings is 1. The van der Waals surface area contributed by atoms with Crippen molar-refractivity contribution < 1.29 is 19.1 Å². The van der Waals surface area contributed by atoms with E-state index in [1.165, 1.54) is 0 Å². The summed E-state index contributed by atoms with van der Waals surface area (Å²) in [6.07, 6.45) is 2.99. The molecule has 1 aliphatic rings. The standard InChI is InChI=1S/C27H28N4O4/c1-35-22-14-12-20(13-15-22)25(32)30-24(19-8-3-2-4-9-19)27(34)31-17-7-10-21(18-31)26(33)29-23-11-5-6-16-28-23/h2-6,8-9,11-16,21,24H,7,10,17-18H2,1H3,(H,30,32)(H,28,29,33). The van der Waals surface area contributed by atoms with Crippen LogP contribution in [0.5, 0.6) is 5.75 Å². The molecule has 0 spiro atoms. The lowest BCUT2D eigenvalue weighted by Gasteiger charge is -2.34. The summed E-state index contributed by atoms with van der Waals surface area (Å²) in [5.41, 5.74) is 1.10. The number of nitrogens with one attached hydrogen (secondary N) is 2. The van der Waals surface area contributed by atoms with Gasteiger partial charge in [-0.05, 0) is 54.8 Å². The molecule has 1 aliphatic heterocycles. The SMILES string of the molecule is COc1ccc(C(=O)NC(C(=O)N2CCCC(C(=O)Nc3ccccn3)C2)c2ccccc2)cc1. The zero-order valence-corrected chi connectivity index (χ0v) is 19.5. The first kappa shape index (κ1) is 23.9. The van der Waals surface area contributed by atoms with Gasteiger partial charge in [0, 0.05) is 24.8 Å². The van der Waals surface area contributed by atoms with Gasteiger partial charge in [0.15, 0.2) is 0 Å². The quantitative estimate of drug-likeness (QED) is 0.549. The van der Waals surface area contributed by atoms with Gasteiger partial charge in [-0.25, -0.2) is 4.98 Å². The second-order valence-corrected chi connectivity index (χ2v) is 8.37. The van der Waals surface area contributed by atoms with Crippen LogP contribution < -0.4 is 15.4 Å². The Kier molecular flexibility index (Phi) is 7.72. The third-order valence-electron chi connectivity index (χ3n) is 6.03. The molecule has 1 saturated heterocycles. The molecular weight excluding hydrogens is 444 g/mol. The fourth-order valence-corrected chi connectivity index (χ4v) is 4.13. The van der Waals surface area contributed by atoms with E-state index >= 15 is 0 Å². The topological polar surface area (TPSA) is 101 Å². The molecule has 2 heterocycles. The number of carbonyl (C=O) groups excluding carboxylic acids is 3. The first-order chi connectivity index (χ1) is 17.0. The van der Waals surface area contributed by atoms with Gasteiger partial charge in [0.2, 0.25) is 11.8 Å². The van der Waals surface area contributed by atoms with Crippen molar-refractivity contribution in [3.8, 4) is 5.75 Å². The molecule has 2 atom stereocenters. The van der Waals surface area contributed by atoms with Crippen LogP contribution in [0.25, 0.3) is 0 Å². The van der Waals surface area contributed by atoms with Crippen LogP contribution in [0, 0.1) is 5.92 Å². The van der Waals surface area contributed by atoms with E-state index in [-0.39, 0.29) is 30.2 Å². The number of rotatable bonds is 7. The van der Waals surface area contributed by atoms with Crippen LogP contribution in [-0.2, 0) is 9.59 Å². The maximum absolute atomic E-state index is 13.6. The molecule has 3 aromatic rings. The van der Waals surface area contributed by atoms with Crippen molar-refractivity contribution in [3.05, 3.63) is 90.1 Å². The van der Waals surface area contributed by atoms with Crippen molar-refractivity contribution in [1.82, 2.24) is 15.2 Å². The minimum absolute atomic E-state index is 0.167. The molecule has 3 amide bonds. The van der Waals surface area contributed by atoms with Gasteiger partial charge in [-0.1, -0.05) is 36.4 Å². The summed E-state index contributed by atoms with van der Waals surface area (Å²) in [6.45, 7) is 0.799. The van der Waals surface area contributed by atoms with E-state index in [1.807, 2.05) is 30.3 Å². The predicted molar refractivity (Wildman–Crippen MR) is 132 cm³/mol. The molecule has 1 aromatic heterocycles. The van der Waals surface area contributed by atoms with E-state index in [9.17, 15) is 14.4 Å². The van der Waals surface area contributed by atoms with Gasteiger partial charge in [-0.2, -0.15) is 0 Å². The Hall–Kier alpha value is -4.20. The first-order valence-corrected chi connectivity index (χ1v) is 11.6. The Balaban J connectivity index is 1.49. The van der Waals surface area contributed by atoms with Crippen LogP contribution in [0.15, 0.2) is 79.0 Å². The minimum Gasteiger partial charge on any atom is -0.497 e. The Morgan fingerprint density at radius 1 is 1.00 bits per heavy atom. The second-order valence-electron chi connectivity index (χ2n) is 8.37. The third kappa shape index (κ3) is 6.03. The van der Waals surface area contributed by atoms with Crippen LogP contribution in [0.3, 0.4) is 0 Å². The first-order valence-electron chi connectivity index (χ1n) is 11.6. The third-order valence-corrected chi connectivity index (χ3v) is 6.03. The number of amides is 3. The van der Waals surface area contributed by atoms with E-state index in [2.05, 4.69) is 15.6 Å². The van der Waals surface area contributed by atoms with Gasteiger partial charge in [-0.15, -0.1) is 0 Å². The predicted octanol–water partition coefficient (Wildman–Crippen LogP) is 3.44. The number of hydrogen-bond donors (Lipinski definition) is 2. The van der Waals surface area contributed by atoms with Crippen LogP contribution in [0.2, 0.25) is 0 Å². The molecule has 4 rings (SSSR count). The summed E-state index contributed by atoms with van der Waals surface area (Å²) in [7, 11) is 1.56. The Bertz CT molecular complexity index is 1150. The minimum atomic E-state index is -0.872. The number of hydrogen-bond acceptors (Lipinski definition) is 5. The van der Waals surface area contributed by atoms with Crippen molar-refractivity contribution in [2.24, 2.45) is 5.92 Å². The summed E-state index contributed by atoms with van der Waals surface area (Å²) in [5.74, 6) is -0.0108. The maximum atomic E-state index is 13.6. The molecule has 2 unspecified atom stereocenters. The average molecular weight is 473 g/mol. The number of pyridine rings is 1. The molecule has 2 aromatic carbocycles. The lowest BCUT2D eigenvalue weighted by molar-refractivity contribution is -0.136. The number of anilines is 1. The lowest BCUT2D eigenvalue weighted by atomic mass is 9.95. The molecular formula is C27H28N4O4. The molecule has 0 radical (unpaired) electrons. The molecule has 0 saturated carbocycles. The molecule has 0 bridgehead atoms. The highest BCUT2D eigenvalue weighted by Crippen LogP contribution is 2.24. The highest BCUT2D eigenvalue weighted by atomic mass is 16.5. The Morgan fingerprint density at radius 3 is 2.43 bits per heavy atom. The number of nitrogens with zero attached hydrogens (tertiary/aromatic N) is 2. The van der Waals surface area contributed by atoms with Gasteiger partial charge in [0.25, 0.3) is 5.91 Å². The van der Waals surface area contributed by atoms with Crippen molar-refractivity contribution in [1.29, 1.82) is 0 Å². The number of likely N-dealkylation sites (tertiary alicyclic amines) is 1. The van der Waals surface area contributed by atoms with Gasteiger partial charge in [0.1, 0.15) is 17.6 Å². The monoisotopic (exact) mass is 472 g/mol. The second kappa shape index (κ2) is 11.3. The molecule has 35 heavy (non-hydrogen) atoms. The van der Waals surface area contributed by atoms with E-state index in [1.54, 1.807) is 60.7 Å². The molecule has 1 fully saturated rings.